The number of carbonyl (C=O) groups excluding carboxylic acids is 2. The number of hydrogen-bond acceptors (Lipinski definition) is 3. The molecule has 152 valence electrons. The van der Waals surface area contributed by atoms with Gasteiger partial charge in [-0.1, -0.05) is 44.2 Å². The number of amides is 3. The van der Waals surface area contributed by atoms with Crippen molar-refractivity contribution in [1.29, 1.82) is 0 Å². The zero-order chi connectivity index (χ0) is 20.1. The lowest BCUT2D eigenvalue weighted by atomic mass is 10.1. The van der Waals surface area contributed by atoms with Crippen LogP contribution >= 0.6 is 0 Å². The van der Waals surface area contributed by atoms with Gasteiger partial charge in [0.15, 0.2) is 0 Å². The fourth-order valence-electron chi connectivity index (χ4n) is 2.95. The van der Waals surface area contributed by atoms with Crippen LogP contribution in [0.25, 0.3) is 0 Å². The minimum atomic E-state index is -0.288. The van der Waals surface area contributed by atoms with Crippen LogP contribution in [0.5, 0.6) is 0 Å². The third kappa shape index (κ3) is 7.89. The van der Waals surface area contributed by atoms with E-state index < -0.39 is 0 Å². The molecule has 6 nitrogen and oxygen atoms in total. The zero-order valence-corrected chi connectivity index (χ0v) is 17.3. The smallest absolute Gasteiger partial charge is 0.409 e. The Labute approximate surface area is 164 Å². The van der Waals surface area contributed by atoms with Crippen molar-refractivity contribution in [3.63, 3.8) is 0 Å². The van der Waals surface area contributed by atoms with Gasteiger partial charge in [-0.15, -0.1) is 0 Å². The molecule has 6 heteroatoms. The second-order valence-corrected chi connectivity index (χ2v) is 6.32. The van der Waals surface area contributed by atoms with E-state index in [-0.39, 0.29) is 12.1 Å². The molecule has 1 saturated heterocycles. The number of piperazine rings is 1. The Kier molecular flexibility index (Phi) is 11.0. The molecule has 0 bridgehead atoms. The summed E-state index contributed by atoms with van der Waals surface area (Å²) in [5, 5.41) is 0. The van der Waals surface area contributed by atoms with Crippen molar-refractivity contribution in [2.24, 2.45) is 0 Å². The SMILES string of the molecule is CC.CCOC(=O)N1CCN(C(=O)N(C)CCCCc2ccccc2)CC1. The molecule has 27 heavy (non-hydrogen) atoms. The highest BCUT2D eigenvalue weighted by Crippen LogP contribution is 2.09. The molecule has 0 radical (unpaired) electrons. The molecule has 1 aromatic rings. The first-order chi connectivity index (χ1) is 13.1. The Morgan fingerprint density at radius 3 is 2.19 bits per heavy atom. The number of carbonyl (C=O) groups is 2. The van der Waals surface area contributed by atoms with Crippen LogP contribution in [0.15, 0.2) is 30.3 Å². The number of unbranched alkanes of at least 4 members (excludes halogenated alkanes) is 1. The largest absolute Gasteiger partial charge is 0.450 e. The molecule has 0 N–H and O–H groups in total. The second kappa shape index (κ2) is 13.0. The lowest BCUT2D eigenvalue weighted by Gasteiger charge is -2.36. The molecular formula is C21H35N3O3. The molecule has 0 aromatic heterocycles. The first kappa shape index (κ1) is 22.8. The monoisotopic (exact) mass is 377 g/mol. The summed E-state index contributed by atoms with van der Waals surface area (Å²) >= 11 is 0. The first-order valence-electron chi connectivity index (χ1n) is 10.1. The summed E-state index contributed by atoms with van der Waals surface area (Å²) in [6.45, 7) is 9.12. The number of urea groups is 1. The van der Waals surface area contributed by atoms with E-state index in [1.165, 1.54) is 5.56 Å². The molecule has 3 amide bonds. The topological polar surface area (TPSA) is 53.1 Å². The predicted octanol–water partition coefficient (Wildman–Crippen LogP) is 3.86. The van der Waals surface area contributed by atoms with Crippen LogP contribution in [-0.4, -0.2) is 73.2 Å². The standard InChI is InChI=1S/C19H29N3O3.C2H6/c1-3-25-19(24)22-15-13-21(14-16-22)18(23)20(2)12-8-7-11-17-9-5-4-6-10-17;1-2/h4-6,9-10H,3,7-8,11-16H2,1-2H3;1-2H3. The van der Waals surface area contributed by atoms with E-state index >= 15 is 0 Å². The number of nitrogens with zero attached hydrogens (tertiary/aromatic N) is 3. The Hall–Kier alpha value is -2.24. The van der Waals surface area contributed by atoms with Crippen LogP contribution in [-0.2, 0) is 11.2 Å². The Morgan fingerprint density at radius 1 is 1.00 bits per heavy atom. The van der Waals surface area contributed by atoms with Gasteiger partial charge in [-0.2, -0.15) is 0 Å². The average molecular weight is 378 g/mol. The molecule has 1 aromatic carbocycles. The van der Waals surface area contributed by atoms with Gasteiger partial charge in [0.25, 0.3) is 0 Å². The summed E-state index contributed by atoms with van der Waals surface area (Å²) in [7, 11) is 1.85. The van der Waals surface area contributed by atoms with Gasteiger partial charge in [-0.3, -0.25) is 0 Å². The van der Waals surface area contributed by atoms with E-state index in [1.807, 2.05) is 31.9 Å². The molecule has 0 spiro atoms. The van der Waals surface area contributed by atoms with Gasteiger partial charge in [0.1, 0.15) is 0 Å². The number of aryl methyl sites for hydroxylation is 1. The Morgan fingerprint density at radius 2 is 1.59 bits per heavy atom. The molecule has 1 aliphatic rings. The van der Waals surface area contributed by atoms with Crippen LogP contribution in [0.3, 0.4) is 0 Å². The van der Waals surface area contributed by atoms with Crippen molar-refractivity contribution in [2.75, 3.05) is 46.4 Å². The Bertz CT molecular complexity index is 543. The van der Waals surface area contributed by atoms with Gasteiger partial charge in [0.2, 0.25) is 0 Å². The van der Waals surface area contributed by atoms with Gasteiger partial charge in [-0.25, -0.2) is 9.59 Å². The zero-order valence-electron chi connectivity index (χ0n) is 17.3. The normalized spacial score (nSPS) is 13.5. The first-order valence-corrected chi connectivity index (χ1v) is 10.1. The predicted molar refractivity (Wildman–Crippen MR) is 109 cm³/mol. The summed E-state index contributed by atoms with van der Waals surface area (Å²) in [5.74, 6) is 0. The minimum absolute atomic E-state index is 0.0446. The van der Waals surface area contributed by atoms with Gasteiger partial charge in [0.05, 0.1) is 6.61 Å². The van der Waals surface area contributed by atoms with Crippen molar-refractivity contribution < 1.29 is 14.3 Å². The lowest BCUT2D eigenvalue weighted by molar-refractivity contribution is 0.0801. The maximum atomic E-state index is 12.5. The van der Waals surface area contributed by atoms with E-state index in [0.29, 0.717) is 32.8 Å². The molecule has 1 fully saturated rings. The molecule has 0 unspecified atom stereocenters. The number of hydrogen-bond donors (Lipinski definition) is 0. The molecule has 0 saturated carbocycles. The maximum absolute atomic E-state index is 12.5. The van der Waals surface area contributed by atoms with E-state index in [4.69, 9.17) is 4.74 Å². The molecular weight excluding hydrogens is 342 g/mol. The van der Waals surface area contributed by atoms with E-state index in [0.717, 1.165) is 25.8 Å². The van der Waals surface area contributed by atoms with E-state index in [9.17, 15) is 9.59 Å². The van der Waals surface area contributed by atoms with E-state index in [2.05, 4.69) is 24.3 Å². The van der Waals surface area contributed by atoms with Crippen LogP contribution in [0.2, 0.25) is 0 Å². The Balaban J connectivity index is 0.00000176. The van der Waals surface area contributed by atoms with Crippen molar-refractivity contribution in [3.8, 4) is 0 Å². The third-order valence-electron chi connectivity index (χ3n) is 4.45. The summed E-state index contributed by atoms with van der Waals surface area (Å²) in [5.41, 5.74) is 1.34. The molecule has 0 atom stereocenters. The van der Waals surface area contributed by atoms with Gasteiger partial charge < -0.3 is 19.4 Å². The van der Waals surface area contributed by atoms with Crippen LogP contribution in [0.1, 0.15) is 39.2 Å². The maximum Gasteiger partial charge on any atom is 0.409 e. The summed E-state index contributed by atoms with van der Waals surface area (Å²) in [6, 6.07) is 10.5. The van der Waals surface area contributed by atoms with E-state index in [1.54, 1.807) is 16.7 Å². The van der Waals surface area contributed by atoms with Crippen molar-refractivity contribution in [3.05, 3.63) is 35.9 Å². The number of rotatable bonds is 6. The highest BCUT2D eigenvalue weighted by Gasteiger charge is 2.26. The van der Waals surface area contributed by atoms with Gasteiger partial charge >= 0.3 is 12.1 Å². The van der Waals surface area contributed by atoms with Crippen molar-refractivity contribution in [1.82, 2.24) is 14.7 Å². The average Bonchev–Trinajstić information content (AvgIpc) is 2.73. The number of ether oxygens (including phenoxy) is 1. The lowest BCUT2D eigenvalue weighted by Crippen LogP contribution is -2.53. The fraction of sp³-hybridized carbons (Fsp3) is 0.619. The molecule has 0 aliphatic carbocycles. The van der Waals surface area contributed by atoms with Gasteiger partial charge in [0, 0.05) is 39.8 Å². The molecule has 1 heterocycles. The minimum Gasteiger partial charge on any atom is -0.450 e. The van der Waals surface area contributed by atoms with Crippen LogP contribution in [0.4, 0.5) is 9.59 Å². The number of benzene rings is 1. The third-order valence-corrected chi connectivity index (χ3v) is 4.45. The van der Waals surface area contributed by atoms with Crippen LogP contribution < -0.4 is 0 Å². The summed E-state index contributed by atoms with van der Waals surface area (Å²) in [6.07, 6.45) is 2.81. The highest BCUT2D eigenvalue weighted by atomic mass is 16.6. The molecule has 1 aliphatic heterocycles. The van der Waals surface area contributed by atoms with Crippen LogP contribution in [0, 0.1) is 0 Å². The van der Waals surface area contributed by atoms with Crippen molar-refractivity contribution >= 4 is 12.1 Å². The highest BCUT2D eigenvalue weighted by molar-refractivity contribution is 5.75. The van der Waals surface area contributed by atoms with Crippen molar-refractivity contribution in [2.45, 2.75) is 40.0 Å². The summed E-state index contributed by atoms with van der Waals surface area (Å²) < 4.78 is 5.00. The fourth-order valence-corrected chi connectivity index (χ4v) is 2.95. The molecule has 2 rings (SSSR count). The summed E-state index contributed by atoms with van der Waals surface area (Å²) in [4.78, 5) is 29.4. The quantitative estimate of drug-likeness (QED) is 0.707. The van der Waals surface area contributed by atoms with Gasteiger partial charge in [-0.05, 0) is 31.7 Å². The second-order valence-electron chi connectivity index (χ2n) is 6.32.